The number of rotatable bonds is 4. The highest BCUT2D eigenvalue weighted by Gasteiger charge is 2.13. The third-order valence-electron chi connectivity index (χ3n) is 2.93. The average molecular weight is 324 g/mol. The second kappa shape index (κ2) is 5.52. The number of nitro groups is 1. The molecule has 0 aliphatic rings. The number of halogens is 1. The van der Waals surface area contributed by atoms with E-state index in [1.165, 1.54) is 12.1 Å². The van der Waals surface area contributed by atoms with E-state index < -0.39 is 4.92 Å². The van der Waals surface area contributed by atoms with Crippen LogP contribution in [0.4, 0.5) is 5.69 Å². The van der Waals surface area contributed by atoms with Crippen LogP contribution >= 0.6 is 15.9 Å². The summed E-state index contributed by atoms with van der Waals surface area (Å²) in [6, 6.07) is 6.77. The maximum absolute atomic E-state index is 10.7. The lowest BCUT2D eigenvalue weighted by molar-refractivity contribution is -0.384. The van der Waals surface area contributed by atoms with Crippen molar-refractivity contribution in [1.82, 2.24) is 9.78 Å². The highest BCUT2D eigenvalue weighted by Crippen LogP contribution is 2.27. The molecule has 0 atom stereocenters. The van der Waals surface area contributed by atoms with Crippen LogP contribution in [0.5, 0.6) is 0 Å². The van der Waals surface area contributed by atoms with E-state index in [9.17, 15) is 10.1 Å². The topological polar surface area (TPSA) is 61.0 Å². The summed E-state index contributed by atoms with van der Waals surface area (Å²) in [5.41, 5.74) is 2.99. The molecule has 0 fully saturated rings. The third-order valence-corrected chi connectivity index (χ3v) is 3.56. The van der Waals surface area contributed by atoms with Gasteiger partial charge in [0.1, 0.15) is 0 Å². The van der Waals surface area contributed by atoms with Gasteiger partial charge in [-0.15, -0.1) is 0 Å². The molecule has 1 heterocycles. The minimum atomic E-state index is -0.407. The summed E-state index contributed by atoms with van der Waals surface area (Å²) in [5, 5.41) is 15.3. The molecule has 0 bridgehead atoms. The standard InChI is InChI=1S/C13H14BrN3O2/c1-3-9-7-10(4-2)16(15-9)13-6-5-11(17(18)19)8-12(13)14/h5-8H,3-4H2,1-2H3. The number of aryl methyl sites for hydroxylation is 2. The molecule has 1 aromatic carbocycles. The Kier molecular flexibility index (Phi) is 3.99. The molecule has 0 aliphatic heterocycles. The van der Waals surface area contributed by atoms with Crippen LogP contribution in [0.25, 0.3) is 5.69 Å². The molecule has 100 valence electrons. The lowest BCUT2D eigenvalue weighted by Crippen LogP contribution is -2.03. The molecule has 6 heteroatoms. The fraction of sp³-hybridized carbons (Fsp3) is 0.308. The quantitative estimate of drug-likeness (QED) is 0.637. The normalized spacial score (nSPS) is 10.7. The fourth-order valence-corrected chi connectivity index (χ4v) is 2.42. The van der Waals surface area contributed by atoms with Gasteiger partial charge < -0.3 is 0 Å². The second-order valence-electron chi connectivity index (χ2n) is 4.14. The van der Waals surface area contributed by atoms with E-state index in [4.69, 9.17) is 0 Å². The van der Waals surface area contributed by atoms with Gasteiger partial charge in [-0.05, 0) is 40.9 Å². The lowest BCUT2D eigenvalue weighted by atomic mass is 10.2. The van der Waals surface area contributed by atoms with Gasteiger partial charge in [0.2, 0.25) is 0 Å². The van der Waals surface area contributed by atoms with Gasteiger partial charge in [0, 0.05) is 17.8 Å². The first kappa shape index (κ1) is 13.7. The van der Waals surface area contributed by atoms with Gasteiger partial charge in [0.15, 0.2) is 0 Å². The molecule has 0 radical (unpaired) electrons. The summed E-state index contributed by atoms with van der Waals surface area (Å²) in [5.74, 6) is 0. The fourth-order valence-electron chi connectivity index (χ4n) is 1.89. The second-order valence-corrected chi connectivity index (χ2v) is 4.99. The summed E-state index contributed by atoms with van der Waals surface area (Å²) >= 11 is 3.38. The van der Waals surface area contributed by atoms with Crippen molar-refractivity contribution in [2.75, 3.05) is 0 Å². The van der Waals surface area contributed by atoms with E-state index in [1.807, 2.05) is 4.68 Å². The molecular formula is C13H14BrN3O2. The maximum Gasteiger partial charge on any atom is 0.270 e. The molecule has 0 amide bonds. The number of non-ortho nitro benzene ring substituents is 1. The van der Waals surface area contributed by atoms with Gasteiger partial charge in [-0.3, -0.25) is 10.1 Å². The van der Waals surface area contributed by atoms with E-state index in [0.717, 1.165) is 29.9 Å². The van der Waals surface area contributed by atoms with E-state index in [0.29, 0.717) is 4.47 Å². The molecule has 1 aromatic heterocycles. The van der Waals surface area contributed by atoms with Gasteiger partial charge in [-0.2, -0.15) is 5.10 Å². The molecule has 0 aliphatic carbocycles. The number of nitro benzene ring substituents is 1. The predicted octanol–water partition coefficient (Wildman–Crippen LogP) is 3.67. The van der Waals surface area contributed by atoms with E-state index in [2.05, 4.69) is 40.9 Å². The first-order valence-electron chi connectivity index (χ1n) is 6.09. The summed E-state index contributed by atoms with van der Waals surface area (Å²) in [6.07, 6.45) is 1.72. The first-order valence-corrected chi connectivity index (χ1v) is 6.88. The third kappa shape index (κ3) is 2.68. The van der Waals surface area contributed by atoms with Crippen molar-refractivity contribution in [1.29, 1.82) is 0 Å². The molecule has 0 spiro atoms. The van der Waals surface area contributed by atoms with Crippen molar-refractivity contribution in [3.8, 4) is 5.69 Å². The Balaban J connectivity index is 2.52. The van der Waals surface area contributed by atoms with Crippen LogP contribution in [0.15, 0.2) is 28.7 Å². The molecule has 2 aromatic rings. The zero-order chi connectivity index (χ0) is 14.0. The van der Waals surface area contributed by atoms with Crippen molar-refractivity contribution >= 4 is 21.6 Å². The number of hydrogen-bond donors (Lipinski definition) is 0. The summed E-state index contributed by atoms with van der Waals surface area (Å²) in [6.45, 7) is 4.11. The van der Waals surface area contributed by atoms with Gasteiger partial charge in [0.25, 0.3) is 5.69 Å². The molecule has 0 saturated heterocycles. The number of aromatic nitrogens is 2. The summed E-state index contributed by atoms with van der Waals surface area (Å²) in [7, 11) is 0. The van der Waals surface area contributed by atoms with Crippen LogP contribution in [0.3, 0.4) is 0 Å². The first-order chi connectivity index (χ1) is 9.06. The molecule has 2 rings (SSSR count). The highest BCUT2D eigenvalue weighted by atomic mass is 79.9. The van der Waals surface area contributed by atoms with Crippen LogP contribution < -0.4 is 0 Å². The zero-order valence-corrected chi connectivity index (χ0v) is 12.3. The van der Waals surface area contributed by atoms with Crippen LogP contribution in [0.2, 0.25) is 0 Å². The highest BCUT2D eigenvalue weighted by molar-refractivity contribution is 9.10. The summed E-state index contributed by atoms with van der Waals surface area (Å²) < 4.78 is 2.51. The number of nitrogens with zero attached hydrogens (tertiary/aromatic N) is 3. The van der Waals surface area contributed by atoms with Gasteiger partial charge in [-0.1, -0.05) is 13.8 Å². The monoisotopic (exact) mass is 323 g/mol. The van der Waals surface area contributed by atoms with Crippen molar-refractivity contribution in [3.05, 3.63) is 50.2 Å². The Morgan fingerprint density at radius 2 is 2.05 bits per heavy atom. The molecule has 0 unspecified atom stereocenters. The zero-order valence-electron chi connectivity index (χ0n) is 10.8. The van der Waals surface area contributed by atoms with Crippen molar-refractivity contribution in [2.24, 2.45) is 0 Å². The Hall–Kier alpha value is -1.69. The smallest absolute Gasteiger partial charge is 0.258 e. The molecule has 5 nitrogen and oxygen atoms in total. The molecule has 19 heavy (non-hydrogen) atoms. The molecular weight excluding hydrogens is 310 g/mol. The van der Waals surface area contributed by atoms with Gasteiger partial charge in [0.05, 0.1) is 20.8 Å². The number of benzene rings is 1. The van der Waals surface area contributed by atoms with Crippen LogP contribution in [0.1, 0.15) is 25.2 Å². The SMILES string of the molecule is CCc1cc(CC)n(-c2ccc([N+](=O)[O-])cc2Br)n1. The van der Waals surface area contributed by atoms with Crippen LogP contribution in [-0.2, 0) is 12.8 Å². The minimum Gasteiger partial charge on any atom is -0.258 e. The van der Waals surface area contributed by atoms with Gasteiger partial charge in [-0.25, -0.2) is 4.68 Å². The minimum absolute atomic E-state index is 0.0662. The van der Waals surface area contributed by atoms with E-state index in [1.54, 1.807) is 6.07 Å². The Bertz CT molecular complexity index is 622. The van der Waals surface area contributed by atoms with Gasteiger partial charge >= 0.3 is 0 Å². The van der Waals surface area contributed by atoms with Crippen molar-refractivity contribution in [2.45, 2.75) is 26.7 Å². The largest absolute Gasteiger partial charge is 0.270 e. The Labute approximate surface area is 119 Å². The maximum atomic E-state index is 10.7. The Morgan fingerprint density at radius 3 is 2.58 bits per heavy atom. The number of hydrogen-bond acceptors (Lipinski definition) is 3. The van der Waals surface area contributed by atoms with Crippen LogP contribution in [0, 0.1) is 10.1 Å². The Morgan fingerprint density at radius 1 is 1.32 bits per heavy atom. The average Bonchev–Trinajstić information content (AvgIpc) is 2.81. The van der Waals surface area contributed by atoms with Crippen molar-refractivity contribution < 1.29 is 4.92 Å². The lowest BCUT2D eigenvalue weighted by Gasteiger charge is -2.08. The molecule has 0 saturated carbocycles. The molecule has 0 N–H and O–H groups in total. The van der Waals surface area contributed by atoms with E-state index in [-0.39, 0.29) is 5.69 Å². The van der Waals surface area contributed by atoms with E-state index >= 15 is 0 Å². The van der Waals surface area contributed by atoms with Crippen molar-refractivity contribution in [3.63, 3.8) is 0 Å². The predicted molar refractivity (Wildman–Crippen MR) is 76.7 cm³/mol. The summed E-state index contributed by atoms with van der Waals surface area (Å²) in [4.78, 5) is 10.3. The van der Waals surface area contributed by atoms with Crippen LogP contribution in [-0.4, -0.2) is 14.7 Å².